The van der Waals surface area contributed by atoms with Gasteiger partial charge in [-0.25, -0.2) is 4.39 Å². The summed E-state index contributed by atoms with van der Waals surface area (Å²) in [6, 6.07) is 19.5. The lowest BCUT2D eigenvalue weighted by atomic mass is 9.88. The van der Waals surface area contributed by atoms with Gasteiger partial charge in [-0.2, -0.15) is 0 Å². The van der Waals surface area contributed by atoms with Gasteiger partial charge in [0, 0.05) is 54.5 Å². The highest BCUT2D eigenvalue weighted by atomic mass is 19.1. The summed E-state index contributed by atoms with van der Waals surface area (Å²) in [4.78, 5) is 41.2. The number of halogens is 1. The van der Waals surface area contributed by atoms with Crippen LogP contribution in [-0.4, -0.2) is 71.6 Å². The van der Waals surface area contributed by atoms with Crippen LogP contribution in [0, 0.1) is 5.82 Å². The van der Waals surface area contributed by atoms with Crippen molar-refractivity contribution in [2.75, 3.05) is 38.6 Å². The number of nitrogens with zero attached hydrogens (tertiary/aromatic N) is 3. The number of piperidine rings is 3. The average Bonchev–Trinajstić information content (AvgIpc) is 3.12. The number of likely N-dealkylation sites (tertiary alicyclic amines) is 2. The molecule has 2 amide bonds. The molecule has 4 aromatic rings. The number of methoxy groups -OCH3 is 1. The molecule has 1 aromatic heterocycles. The fourth-order valence-corrected chi connectivity index (χ4v) is 7.90. The minimum Gasteiger partial charge on any atom is -0.496 e. The number of aryl methyl sites for hydroxylation is 1. The molecule has 3 aromatic carbocycles. The van der Waals surface area contributed by atoms with Crippen molar-refractivity contribution in [2.45, 2.75) is 63.1 Å². The number of pyridine rings is 1. The van der Waals surface area contributed by atoms with Gasteiger partial charge in [0.15, 0.2) is 0 Å². The normalized spacial score (nSPS) is 20.0. The Kier molecular flexibility index (Phi) is 9.51. The first kappa shape index (κ1) is 33.0. The van der Waals surface area contributed by atoms with Crippen LogP contribution in [0.1, 0.15) is 55.6 Å². The quantitative estimate of drug-likeness (QED) is 0.243. The van der Waals surface area contributed by atoms with Gasteiger partial charge >= 0.3 is 0 Å². The van der Waals surface area contributed by atoms with Crippen LogP contribution in [0.25, 0.3) is 21.9 Å². The molecule has 0 spiro atoms. The van der Waals surface area contributed by atoms with Gasteiger partial charge in [-0.1, -0.05) is 30.3 Å². The Morgan fingerprint density at radius 2 is 1.61 bits per heavy atom. The predicted octanol–water partition coefficient (Wildman–Crippen LogP) is 5.41. The van der Waals surface area contributed by atoms with Crippen molar-refractivity contribution in [3.8, 4) is 16.9 Å². The van der Waals surface area contributed by atoms with Crippen LogP contribution in [0.2, 0.25) is 0 Å². The van der Waals surface area contributed by atoms with Gasteiger partial charge in [-0.15, -0.1) is 0 Å². The average molecular weight is 666 g/mol. The third-order valence-corrected chi connectivity index (χ3v) is 10.7. The highest BCUT2D eigenvalue weighted by Crippen LogP contribution is 2.35. The minimum atomic E-state index is -0.376. The number of anilines is 1. The number of hydrogen-bond acceptors (Lipinski definition) is 7. The molecule has 0 bridgehead atoms. The minimum absolute atomic E-state index is 0.0796. The molecule has 256 valence electrons. The highest BCUT2D eigenvalue weighted by molar-refractivity contribution is 6.01. The molecule has 3 aliphatic heterocycles. The molecule has 7 rings (SSSR count). The Morgan fingerprint density at radius 3 is 2.31 bits per heavy atom. The molecule has 0 radical (unpaired) electrons. The lowest BCUT2D eigenvalue weighted by Gasteiger charge is -2.42. The second-order valence-corrected chi connectivity index (χ2v) is 13.7. The van der Waals surface area contributed by atoms with Crippen molar-refractivity contribution < 1.29 is 18.7 Å². The molecular formula is C39H44FN5O4. The van der Waals surface area contributed by atoms with Gasteiger partial charge in [0.1, 0.15) is 17.6 Å². The molecular weight excluding hydrogens is 621 g/mol. The van der Waals surface area contributed by atoms with Crippen LogP contribution in [0.4, 0.5) is 10.1 Å². The lowest BCUT2D eigenvalue weighted by Crippen LogP contribution is -2.47. The zero-order chi connectivity index (χ0) is 34.1. The second-order valence-electron chi connectivity index (χ2n) is 13.7. The van der Waals surface area contributed by atoms with E-state index in [1.54, 1.807) is 37.1 Å². The number of carbonyl (C=O) groups excluding carboxylic acids is 2. The molecule has 0 saturated carbocycles. The van der Waals surface area contributed by atoms with E-state index in [2.05, 4.69) is 32.6 Å². The van der Waals surface area contributed by atoms with Gasteiger partial charge in [0.25, 0.3) is 5.56 Å². The van der Waals surface area contributed by atoms with E-state index >= 15 is 4.39 Å². The summed E-state index contributed by atoms with van der Waals surface area (Å²) in [6.45, 7) is 4.43. The largest absolute Gasteiger partial charge is 0.496 e. The third-order valence-electron chi connectivity index (χ3n) is 10.7. The number of benzene rings is 3. The molecule has 49 heavy (non-hydrogen) atoms. The summed E-state index contributed by atoms with van der Waals surface area (Å²) in [5, 5.41) is 7.06. The topological polar surface area (TPSA) is 95.9 Å². The summed E-state index contributed by atoms with van der Waals surface area (Å²) in [5.41, 5.74) is 4.20. The molecule has 2 N–H and O–H groups in total. The van der Waals surface area contributed by atoms with Gasteiger partial charge in [-0.3, -0.25) is 24.6 Å². The van der Waals surface area contributed by atoms with Gasteiger partial charge in [-0.05, 0) is 111 Å². The fraction of sp³-hybridized carbons (Fsp3) is 0.410. The Morgan fingerprint density at radius 1 is 0.898 bits per heavy atom. The van der Waals surface area contributed by atoms with Crippen LogP contribution in [-0.2, 0) is 23.2 Å². The maximum absolute atomic E-state index is 15.8. The number of rotatable bonds is 8. The van der Waals surface area contributed by atoms with Gasteiger partial charge in [0.2, 0.25) is 11.8 Å². The third kappa shape index (κ3) is 6.98. The molecule has 3 saturated heterocycles. The zero-order valence-electron chi connectivity index (χ0n) is 28.2. The number of amides is 2. The van der Waals surface area contributed by atoms with Crippen molar-refractivity contribution in [3.05, 3.63) is 94.2 Å². The molecule has 0 aliphatic carbocycles. The van der Waals surface area contributed by atoms with Crippen molar-refractivity contribution in [2.24, 2.45) is 7.05 Å². The van der Waals surface area contributed by atoms with E-state index in [-0.39, 0.29) is 29.2 Å². The molecule has 9 nitrogen and oxygen atoms in total. The van der Waals surface area contributed by atoms with Crippen LogP contribution in [0.15, 0.2) is 71.7 Å². The number of fused-ring (bicyclic) bond motifs is 1. The van der Waals surface area contributed by atoms with E-state index in [0.717, 1.165) is 68.5 Å². The van der Waals surface area contributed by atoms with Gasteiger partial charge in [0.05, 0.1) is 7.11 Å². The van der Waals surface area contributed by atoms with Crippen molar-refractivity contribution in [3.63, 3.8) is 0 Å². The van der Waals surface area contributed by atoms with E-state index in [4.69, 9.17) is 4.74 Å². The monoisotopic (exact) mass is 665 g/mol. The van der Waals surface area contributed by atoms with Crippen molar-refractivity contribution >= 4 is 28.3 Å². The molecule has 10 heteroatoms. The molecule has 3 aliphatic rings. The number of aromatic nitrogens is 1. The Labute approximate surface area is 286 Å². The highest BCUT2D eigenvalue weighted by Gasteiger charge is 2.30. The standard InChI is InChI=1S/C39H44FN5O4/c1-43-23-32(30-5-3-4-6-31(30)39(43)48)27-21-34(40)33(36(22-27)49-2)24-44-17-15-29(16-18-44)45-19-13-26(14-20-45)25-7-9-28(10-8-25)41-35-11-12-37(46)42-38(35)47/h3-10,21-23,26,29,35,41H,11-20,24H2,1-2H3,(H,42,46,47). The molecule has 1 atom stereocenters. The van der Waals surface area contributed by atoms with E-state index < -0.39 is 0 Å². The first-order chi connectivity index (χ1) is 23.8. The maximum atomic E-state index is 15.8. The van der Waals surface area contributed by atoms with Gasteiger partial charge < -0.3 is 19.5 Å². The number of imide groups is 1. The zero-order valence-corrected chi connectivity index (χ0v) is 28.2. The Balaban J connectivity index is 0.930. The second kappa shape index (κ2) is 14.1. The van der Waals surface area contributed by atoms with Crippen LogP contribution < -0.4 is 20.9 Å². The molecule has 4 heterocycles. The van der Waals surface area contributed by atoms with Crippen LogP contribution >= 0.6 is 0 Å². The summed E-state index contributed by atoms with van der Waals surface area (Å²) in [7, 11) is 3.31. The number of hydrogen-bond donors (Lipinski definition) is 2. The smallest absolute Gasteiger partial charge is 0.258 e. The number of ether oxygens (including phenoxy) is 1. The summed E-state index contributed by atoms with van der Waals surface area (Å²) < 4.78 is 23.1. The summed E-state index contributed by atoms with van der Waals surface area (Å²) in [5.74, 6) is 0.279. The SMILES string of the molecule is COc1cc(-c2cn(C)c(=O)c3ccccc23)cc(F)c1CN1CCC(N2CCC(c3ccc(NC4CCC(=O)NC4=O)cc3)CC2)CC1. The first-order valence-electron chi connectivity index (χ1n) is 17.4. The number of nitrogens with one attached hydrogen (secondary N) is 2. The van der Waals surface area contributed by atoms with Crippen LogP contribution in [0.3, 0.4) is 0 Å². The maximum Gasteiger partial charge on any atom is 0.258 e. The van der Waals surface area contributed by atoms with E-state index in [1.807, 2.05) is 36.4 Å². The Hall–Kier alpha value is -4.54. The van der Waals surface area contributed by atoms with Crippen molar-refractivity contribution in [1.29, 1.82) is 0 Å². The number of carbonyl (C=O) groups is 2. The van der Waals surface area contributed by atoms with E-state index in [9.17, 15) is 14.4 Å². The van der Waals surface area contributed by atoms with Crippen LogP contribution in [0.5, 0.6) is 5.75 Å². The summed E-state index contributed by atoms with van der Waals surface area (Å²) >= 11 is 0. The summed E-state index contributed by atoms with van der Waals surface area (Å²) in [6.07, 6.45) is 6.97. The molecule has 3 fully saturated rings. The van der Waals surface area contributed by atoms with E-state index in [0.29, 0.717) is 53.6 Å². The predicted molar refractivity (Wildman–Crippen MR) is 189 cm³/mol. The lowest BCUT2D eigenvalue weighted by molar-refractivity contribution is -0.133. The molecule has 1 unspecified atom stereocenters. The van der Waals surface area contributed by atoms with E-state index in [1.165, 1.54) is 5.56 Å². The fourth-order valence-electron chi connectivity index (χ4n) is 7.90. The first-order valence-corrected chi connectivity index (χ1v) is 17.4. The Bertz CT molecular complexity index is 1910. The van der Waals surface area contributed by atoms with Crippen molar-refractivity contribution in [1.82, 2.24) is 19.7 Å².